The third-order valence-corrected chi connectivity index (χ3v) is 6.15. The van der Waals surface area contributed by atoms with E-state index in [0.29, 0.717) is 5.56 Å². The number of benzene rings is 1. The summed E-state index contributed by atoms with van der Waals surface area (Å²) in [6.45, 7) is 14.0. The van der Waals surface area contributed by atoms with Gasteiger partial charge in [-0.2, -0.15) is 0 Å². The van der Waals surface area contributed by atoms with Crippen LogP contribution < -0.4 is 10.6 Å². The van der Waals surface area contributed by atoms with Crippen LogP contribution in [0.1, 0.15) is 96.4 Å². The summed E-state index contributed by atoms with van der Waals surface area (Å²) in [5.41, 5.74) is 1.09. The number of hydrogen-bond donors (Lipinski definition) is 3. The second kappa shape index (κ2) is 12.1. The summed E-state index contributed by atoms with van der Waals surface area (Å²) in [5, 5.41) is 15.8. The van der Waals surface area contributed by atoms with Gasteiger partial charge in [-0.05, 0) is 73.8 Å². The Balaban J connectivity index is 2.49. The lowest BCUT2D eigenvalue weighted by Gasteiger charge is -2.43. The van der Waals surface area contributed by atoms with Gasteiger partial charge < -0.3 is 25.4 Å². The number of rotatable bonds is 7. The number of aliphatic hydroxyl groups excluding tert-OH is 1. The van der Waals surface area contributed by atoms with Gasteiger partial charge in [-0.1, -0.05) is 48.6 Å². The van der Waals surface area contributed by atoms with Crippen LogP contribution in [0.4, 0.5) is 4.79 Å². The minimum atomic E-state index is -1.27. The maximum absolute atomic E-state index is 13.9. The molecule has 0 bridgehead atoms. The maximum atomic E-state index is 13.9. The third kappa shape index (κ3) is 8.50. The lowest BCUT2D eigenvalue weighted by molar-refractivity contribution is -0.149. The van der Waals surface area contributed by atoms with Crippen molar-refractivity contribution in [1.82, 2.24) is 15.5 Å². The molecule has 0 heterocycles. The van der Waals surface area contributed by atoms with Crippen molar-refractivity contribution in [2.75, 3.05) is 6.61 Å². The zero-order valence-corrected chi connectivity index (χ0v) is 23.2. The van der Waals surface area contributed by atoms with Gasteiger partial charge in [0.2, 0.25) is 11.8 Å². The van der Waals surface area contributed by atoms with Crippen LogP contribution in [0.3, 0.4) is 0 Å². The van der Waals surface area contributed by atoms with E-state index in [9.17, 15) is 19.5 Å². The Kier molecular flexibility index (Phi) is 9.94. The first-order chi connectivity index (χ1) is 16.6. The maximum Gasteiger partial charge on any atom is 0.408 e. The Labute approximate surface area is 216 Å². The number of hydrogen-bond acceptors (Lipinski definition) is 5. The Morgan fingerprint density at radius 3 is 2.03 bits per heavy atom. The number of alkyl carbamates (subject to hydrolysis) is 1. The van der Waals surface area contributed by atoms with Crippen LogP contribution in [-0.4, -0.2) is 57.7 Å². The van der Waals surface area contributed by atoms with Crippen LogP contribution in [-0.2, 0) is 14.3 Å². The molecule has 0 radical (unpaired) electrons. The van der Waals surface area contributed by atoms with Crippen molar-refractivity contribution in [3.63, 3.8) is 0 Å². The zero-order valence-electron chi connectivity index (χ0n) is 23.2. The van der Waals surface area contributed by atoms with Crippen LogP contribution >= 0.6 is 0 Å². The molecule has 8 heteroatoms. The first-order valence-electron chi connectivity index (χ1n) is 12.9. The minimum absolute atomic E-state index is 0.0603. The van der Waals surface area contributed by atoms with Crippen molar-refractivity contribution in [1.29, 1.82) is 0 Å². The van der Waals surface area contributed by atoms with Crippen molar-refractivity contribution in [3.8, 4) is 0 Å². The van der Waals surface area contributed by atoms with E-state index in [-0.39, 0.29) is 11.9 Å². The molecule has 2 atom stereocenters. The SMILES string of the molecule is Cc1cc(C)cc(C(C(=O)NC2CCCCC2)N(C(=O)C(CO)NC(=O)OC(C)(C)C)C(C)(C)C)c1. The predicted molar refractivity (Wildman–Crippen MR) is 141 cm³/mol. The van der Waals surface area contributed by atoms with Crippen LogP contribution in [0, 0.1) is 13.8 Å². The fourth-order valence-corrected chi connectivity index (χ4v) is 4.76. The number of ether oxygens (including phenoxy) is 1. The number of aliphatic hydroxyl groups is 1. The molecular weight excluding hydrogens is 458 g/mol. The monoisotopic (exact) mass is 503 g/mol. The highest BCUT2D eigenvalue weighted by Gasteiger charge is 2.42. The summed E-state index contributed by atoms with van der Waals surface area (Å²) in [4.78, 5) is 41.7. The normalized spacial score (nSPS) is 16.6. The van der Waals surface area contributed by atoms with Crippen molar-refractivity contribution < 1.29 is 24.2 Å². The summed E-state index contributed by atoms with van der Waals surface area (Å²) < 4.78 is 5.30. The van der Waals surface area contributed by atoms with Crippen molar-refractivity contribution in [2.24, 2.45) is 0 Å². The average molecular weight is 504 g/mol. The van der Waals surface area contributed by atoms with Gasteiger partial charge in [-0.15, -0.1) is 0 Å². The molecule has 2 unspecified atom stereocenters. The number of carbonyl (C=O) groups is 3. The Hall–Kier alpha value is -2.61. The third-order valence-electron chi connectivity index (χ3n) is 6.15. The standard InChI is InChI=1S/C28H45N3O5/c1-18-14-19(2)16-20(15-18)23(24(33)29-21-12-10-9-11-13-21)31(27(3,4)5)25(34)22(17-32)30-26(35)36-28(6,7)8/h14-16,21-23,32H,9-13,17H2,1-8H3,(H,29,33)(H,30,35). The molecule has 2 rings (SSSR count). The molecule has 0 saturated heterocycles. The van der Waals surface area contributed by atoms with E-state index in [1.165, 1.54) is 4.90 Å². The fraction of sp³-hybridized carbons (Fsp3) is 0.679. The smallest absolute Gasteiger partial charge is 0.408 e. The number of nitrogens with zero attached hydrogens (tertiary/aromatic N) is 1. The Morgan fingerprint density at radius 2 is 1.56 bits per heavy atom. The zero-order chi connectivity index (χ0) is 27.3. The Morgan fingerprint density at radius 1 is 1.00 bits per heavy atom. The molecule has 0 aromatic heterocycles. The first-order valence-corrected chi connectivity index (χ1v) is 12.9. The van der Waals surface area contributed by atoms with Gasteiger partial charge in [0.05, 0.1) is 6.61 Å². The highest BCUT2D eigenvalue weighted by Crippen LogP contribution is 2.32. The molecule has 36 heavy (non-hydrogen) atoms. The van der Waals surface area contributed by atoms with Gasteiger partial charge in [0.25, 0.3) is 0 Å². The van der Waals surface area contributed by atoms with E-state index in [0.717, 1.165) is 43.2 Å². The molecule has 202 valence electrons. The molecule has 1 saturated carbocycles. The molecule has 0 aliphatic heterocycles. The van der Waals surface area contributed by atoms with E-state index >= 15 is 0 Å². The quantitative estimate of drug-likeness (QED) is 0.514. The van der Waals surface area contributed by atoms with Gasteiger partial charge >= 0.3 is 6.09 Å². The molecule has 1 aliphatic carbocycles. The molecule has 1 aliphatic rings. The summed E-state index contributed by atoms with van der Waals surface area (Å²) in [6, 6.07) is 3.70. The second-order valence-electron chi connectivity index (χ2n) is 11.9. The lowest BCUT2D eigenvalue weighted by atomic mass is 9.92. The molecule has 3 amide bonds. The molecular formula is C28H45N3O5. The first kappa shape index (κ1) is 29.6. The van der Waals surface area contributed by atoms with Gasteiger partial charge in [-0.25, -0.2) is 4.79 Å². The minimum Gasteiger partial charge on any atom is -0.444 e. The summed E-state index contributed by atoms with van der Waals surface area (Å²) in [5.74, 6) is -0.817. The summed E-state index contributed by atoms with van der Waals surface area (Å²) >= 11 is 0. The van der Waals surface area contributed by atoms with Crippen LogP contribution in [0.15, 0.2) is 18.2 Å². The second-order valence-corrected chi connectivity index (χ2v) is 11.9. The molecule has 1 aromatic carbocycles. The van der Waals surface area contributed by atoms with Crippen LogP contribution in [0.2, 0.25) is 0 Å². The lowest BCUT2D eigenvalue weighted by Crippen LogP contribution is -2.60. The number of amides is 3. The van der Waals surface area contributed by atoms with E-state index in [4.69, 9.17) is 4.74 Å². The topological polar surface area (TPSA) is 108 Å². The van der Waals surface area contributed by atoms with Crippen molar-refractivity contribution in [2.45, 2.75) is 117 Å². The summed E-state index contributed by atoms with van der Waals surface area (Å²) in [7, 11) is 0. The fourth-order valence-electron chi connectivity index (χ4n) is 4.76. The van der Waals surface area contributed by atoms with Gasteiger partial charge in [-0.3, -0.25) is 9.59 Å². The largest absolute Gasteiger partial charge is 0.444 e. The highest BCUT2D eigenvalue weighted by atomic mass is 16.6. The van der Waals surface area contributed by atoms with Gasteiger partial charge in [0.1, 0.15) is 17.7 Å². The molecule has 1 fully saturated rings. The van der Waals surface area contributed by atoms with Crippen LogP contribution in [0.25, 0.3) is 0 Å². The Bertz CT molecular complexity index is 906. The molecule has 3 N–H and O–H groups in total. The molecule has 8 nitrogen and oxygen atoms in total. The number of carbonyl (C=O) groups excluding carboxylic acids is 3. The van der Waals surface area contributed by atoms with Crippen molar-refractivity contribution >= 4 is 17.9 Å². The van der Waals surface area contributed by atoms with E-state index in [2.05, 4.69) is 10.6 Å². The van der Waals surface area contributed by atoms with E-state index in [1.807, 2.05) is 52.8 Å². The highest BCUT2D eigenvalue weighted by molar-refractivity contribution is 5.93. The number of nitrogens with one attached hydrogen (secondary N) is 2. The van der Waals surface area contributed by atoms with Gasteiger partial charge in [0, 0.05) is 11.6 Å². The average Bonchev–Trinajstić information content (AvgIpc) is 2.73. The number of aryl methyl sites for hydroxylation is 2. The summed E-state index contributed by atoms with van der Waals surface area (Å²) in [6.07, 6.45) is 4.30. The van der Waals surface area contributed by atoms with Crippen molar-refractivity contribution in [3.05, 3.63) is 34.9 Å². The molecule has 1 aromatic rings. The predicted octanol–water partition coefficient (Wildman–Crippen LogP) is 4.31. The van der Waals surface area contributed by atoms with Gasteiger partial charge in [0.15, 0.2) is 0 Å². The van der Waals surface area contributed by atoms with E-state index < -0.39 is 41.8 Å². The van der Waals surface area contributed by atoms with E-state index in [1.54, 1.807) is 20.8 Å². The van der Waals surface area contributed by atoms with Crippen LogP contribution in [0.5, 0.6) is 0 Å². The molecule has 0 spiro atoms.